The zero-order chi connectivity index (χ0) is 12.4. The molecule has 0 N–H and O–H groups in total. The van der Waals surface area contributed by atoms with Crippen LogP contribution in [0.15, 0.2) is 18.2 Å². The monoisotopic (exact) mass is 267 g/mol. The maximum absolute atomic E-state index is 6.44. The van der Waals surface area contributed by atoms with Crippen molar-refractivity contribution in [3.05, 3.63) is 23.2 Å². The minimum Gasteiger partial charge on any atom is -0.489 e. The lowest BCUT2D eigenvalue weighted by molar-refractivity contribution is 0.263. The summed E-state index contributed by atoms with van der Waals surface area (Å²) in [6.45, 7) is 3.59. The number of nitrogens with zero attached hydrogens (tertiary/aromatic N) is 1. The second-order valence-corrected chi connectivity index (χ2v) is 5.28. The summed E-state index contributed by atoms with van der Waals surface area (Å²) in [7, 11) is 0. The Kier molecular flexibility index (Phi) is 3.62. The van der Waals surface area contributed by atoms with E-state index in [2.05, 4.69) is 11.0 Å². The van der Waals surface area contributed by atoms with E-state index in [1.807, 2.05) is 12.1 Å². The fourth-order valence-electron chi connectivity index (χ4n) is 2.34. The van der Waals surface area contributed by atoms with Gasteiger partial charge in [0.1, 0.15) is 23.5 Å². The minimum absolute atomic E-state index is 0.264. The predicted molar refractivity (Wildman–Crippen MR) is 72.8 cm³/mol. The Morgan fingerprint density at radius 2 is 2.06 bits per heavy atom. The molecule has 3 nitrogen and oxygen atoms in total. The van der Waals surface area contributed by atoms with Crippen molar-refractivity contribution in [2.45, 2.75) is 25.4 Å². The Hall–Kier alpha value is -0.930. The molecule has 0 spiro atoms. The Bertz CT molecular complexity index is 414. The summed E-state index contributed by atoms with van der Waals surface area (Å²) >= 11 is 6.44. The second kappa shape index (κ2) is 5.37. The van der Waals surface area contributed by atoms with E-state index in [-0.39, 0.29) is 6.10 Å². The first-order chi connectivity index (χ1) is 8.84. The van der Waals surface area contributed by atoms with Gasteiger partial charge in [-0.2, -0.15) is 0 Å². The van der Waals surface area contributed by atoms with Crippen LogP contribution in [0.4, 0.5) is 5.69 Å². The lowest BCUT2D eigenvalue weighted by atomic mass is 10.1. The van der Waals surface area contributed by atoms with Gasteiger partial charge in [-0.05, 0) is 31.4 Å². The van der Waals surface area contributed by atoms with Gasteiger partial charge < -0.3 is 14.4 Å². The number of anilines is 1. The molecule has 0 bridgehead atoms. The molecule has 1 atom stereocenters. The van der Waals surface area contributed by atoms with Crippen molar-refractivity contribution in [1.82, 2.24) is 0 Å². The van der Waals surface area contributed by atoms with Crippen molar-refractivity contribution in [3.8, 4) is 5.75 Å². The van der Waals surface area contributed by atoms with Gasteiger partial charge in [-0.1, -0.05) is 17.7 Å². The molecule has 0 saturated carbocycles. The van der Waals surface area contributed by atoms with Crippen molar-refractivity contribution in [1.29, 1.82) is 0 Å². The molecule has 18 heavy (non-hydrogen) atoms. The highest BCUT2D eigenvalue weighted by molar-refractivity contribution is 6.34. The largest absolute Gasteiger partial charge is 0.489 e. The number of rotatable bonds is 4. The molecular weight excluding hydrogens is 250 g/mol. The molecule has 2 aliphatic rings. The molecule has 1 aromatic carbocycles. The number of hydrogen-bond donors (Lipinski definition) is 0. The van der Waals surface area contributed by atoms with E-state index in [0.717, 1.165) is 36.2 Å². The van der Waals surface area contributed by atoms with E-state index in [1.54, 1.807) is 0 Å². The van der Waals surface area contributed by atoms with Gasteiger partial charge in [0.2, 0.25) is 0 Å². The summed E-state index contributed by atoms with van der Waals surface area (Å²) in [5.74, 6) is 0.773. The van der Waals surface area contributed by atoms with Crippen LogP contribution in [0, 0.1) is 0 Å². The van der Waals surface area contributed by atoms with Gasteiger partial charge >= 0.3 is 0 Å². The lowest BCUT2D eigenvalue weighted by Crippen LogP contribution is -2.29. The Morgan fingerprint density at radius 1 is 1.28 bits per heavy atom. The molecule has 0 aromatic heterocycles. The van der Waals surface area contributed by atoms with Crippen LogP contribution in [0.1, 0.15) is 19.3 Å². The first-order valence-corrected chi connectivity index (χ1v) is 7.00. The van der Waals surface area contributed by atoms with E-state index in [4.69, 9.17) is 21.1 Å². The number of halogens is 1. The molecule has 0 amide bonds. The van der Waals surface area contributed by atoms with Gasteiger partial charge in [0, 0.05) is 13.1 Å². The third kappa shape index (κ3) is 2.73. The summed E-state index contributed by atoms with van der Waals surface area (Å²) < 4.78 is 10.8. The molecule has 3 rings (SSSR count). The van der Waals surface area contributed by atoms with Gasteiger partial charge in [-0.3, -0.25) is 0 Å². The zero-order valence-electron chi connectivity index (χ0n) is 10.4. The van der Waals surface area contributed by atoms with Crippen molar-refractivity contribution in [3.63, 3.8) is 0 Å². The Morgan fingerprint density at radius 3 is 2.78 bits per heavy atom. The average Bonchev–Trinajstić information content (AvgIpc) is 3.23. The summed E-state index contributed by atoms with van der Waals surface area (Å²) in [6, 6.07) is 6.02. The summed E-state index contributed by atoms with van der Waals surface area (Å²) in [4.78, 5) is 2.35. The summed E-state index contributed by atoms with van der Waals surface area (Å²) in [5.41, 5.74) is 1.10. The molecule has 4 heteroatoms. The fourth-order valence-corrected chi connectivity index (χ4v) is 2.64. The van der Waals surface area contributed by atoms with Crippen molar-refractivity contribution in [2.24, 2.45) is 0 Å². The average molecular weight is 268 g/mol. The standard InChI is InChI=1S/C14H18ClNO2/c15-14-12(16-7-2-1-3-8-16)5-4-6-13(14)18-10-11-9-17-11/h4-6,11H,1-3,7-10H2/t11-/m1/s1. The first kappa shape index (κ1) is 12.1. The summed E-state index contributed by atoms with van der Waals surface area (Å²) in [5, 5.41) is 0.736. The maximum Gasteiger partial charge on any atom is 0.140 e. The molecule has 2 fully saturated rings. The third-order valence-electron chi connectivity index (χ3n) is 3.47. The molecule has 1 aromatic rings. The van der Waals surface area contributed by atoms with Crippen LogP contribution >= 0.6 is 11.6 Å². The van der Waals surface area contributed by atoms with E-state index in [1.165, 1.54) is 19.3 Å². The van der Waals surface area contributed by atoms with E-state index < -0.39 is 0 Å². The first-order valence-electron chi connectivity index (χ1n) is 6.62. The number of piperidine rings is 1. The van der Waals surface area contributed by atoms with Gasteiger partial charge in [0.05, 0.1) is 12.3 Å². The molecule has 98 valence electrons. The fraction of sp³-hybridized carbons (Fsp3) is 0.571. The van der Waals surface area contributed by atoms with Crippen LogP contribution in [-0.2, 0) is 4.74 Å². The third-order valence-corrected chi connectivity index (χ3v) is 3.85. The van der Waals surface area contributed by atoms with Crippen LogP contribution in [0.2, 0.25) is 5.02 Å². The molecule has 0 unspecified atom stereocenters. The SMILES string of the molecule is Clc1c(OC[C@H]2CO2)cccc1N1CCCCC1. The Balaban J connectivity index is 1.73. The van der Waals surface area contributed by atoms with Gasteiger partial charge in [0.15, 0.2) is 0 Å². The quantitative estimate of drug-likeness (QED) is 0.784. The highest BCUT2D eigenvalue weighted by Crippen LogP contribution is 2.36. The zero-order valence-corrected chi connectivity index (χ0v) is 11.2. The van der Waals surface area contributed by atoms with E-state index in [0.29, 0.717) is 6.61 Å². The lowest BCUT2D eigenvalue weighted by Gasteiger charge is -2.30. The van der Waals surface area contributed by atoms with Gasteiger partial charge in [-0.15, -0.1) is 0 Å². The van der Waals surface area contributed by atoms with Crippen LogP contribution < -0.4 is 9.64 Å². The van der Waals surface area contributed by atoms with E-state index in [9.17, 15) is 0 Å². The summed E-state index contributed by atoms with van der Waals surface area (Å²) in [6.07, 6.45) is 4.08. The van der Waals surface area contributed by atoms with Gasteiger partial charge in [0.25, 0.3) is 0 Å². The minimum atomic E-state index is 0.264. The van der Waals surface area contributed by atoms with Crippen LogP contribution in [0.5, 0.6) is 5.75 Å². The predicted octanol–water partition coefficient (Wildman–Crippen LogP) is 3.11. The maximum atomic E-state index is 6.44. The molecule has 0 aliphatic carbocycles. The highest BCUT2D eigenvalue weighted by Gasteiger charge is 2.24. The molecular formula is C14H18ClNO2. The number of hydrogen-bond acceptors (Lipinski definition) is 3. The van der Waals surface area contributed by atoms with Crippen molar-refractivity contribution < 1.29 is 9.47 Å². The highest BCUT2D eigenvalue weighted by atomic mass is 35.5. The number of ether oxygens (including phenoxy) is 2. The van der Waals surface area contributed by atoms with Crippen LogP contribution in [-0.4, -0.2) is 32.4 Å². The normalized spacial score (nSPS) is 22.9. The molecule has 0 radical (unpaired) electrons. The topological polar surface area (TPSA) is 25.0 Å². The molecule has 2 saturated heterocycles. The van der Waals surface area contributed by atoms with E-state index >= 15 is 0 Å². The van der Waals surface area contributed by atoms with Crippen molar-refractivity contribution in [2.75, 3.05) is 31.2 Å². The molecule has 2 aliphatic heterocycles. The van der Waals surface area contributed by atoms with Crippen LogP contribution in [0.25, 0.3) is 0 Å². The van der Waals surface area contributed by atoms with Crippen LogP contribution in [0.3, 0.4) is 0 Å². The van der Waals surface area contributed by atoms with Gasteiger partial charge in [-0.25, -0.2) is 0 Å². The number of benzene rings is 1. The smallest absolute Gasteiger partial charge is 0.140 e. The second-order valence-electron chi connectivity index (χ2n) is 4.90. The van der Waals surface area contributed by atoms with Crippen molar-refractivity contribution >= 4 is 17.3 Å². The molecule has 2 heterocycles. The number of epoxide rings is 1. The Labute approximate surface area is 113 Å².